The first-order valence-electron chi connectivity index (χ1n) is 7.75. The van der Waals surface area contributed by atoms with E-state index in [1.165, 1.54) is 6.07 Å². The maximum Gasteiger partial charge on any atom is 0.163 e. The van der Waals surface area contributed by atoms with E-state index in [4.69, 9.17) is 11.6 Å². The predicted octanol–water partition coefficient (Wildman–Crippen LogP) is 5.83. The van der Waals surface area contributed by atoms with Gasteiger partial charge in [-0.15, -0.1) is 0 Å². The second-order valence-electron chi connectivity index (χ2n) is 5.50. The van der Waals surface area contributed by atoms with E-state index in [0.717, 1.165) is 16.5 Å². The first-order valence-corrected chi connectivity index (χ1v) is 8.13. The van der Waals surface area contributed by atoms with Crippen LogP contribution in [0.3, 0.4) is 0 Å². The molecule has 0 atom stereocenters. The summed E-state index contributed by atoms with van der Waals surface area (Å²) in [5, 5.41) is 4.45. The predicted molar refractivity (Wildman–Crippen MR) is 99.7 cm³/mol. The van der Waals surface area contributed by atoms with Crippen LogP contribution in [0.15, 0.2) is 72.8 Å². The molecule has 0 fully saturated rings. The van der Waals surface area contributed by atoms with Crippen LogP contribution < -0.4 is 5.32 Å². The number of hydrogen-bond donors (Lipinski definition) is 1. The first-order chi connectivity index (χ1) is 12.2. The highest BCUT2D eigenvalue weighted by molar-refractivity contribution is 6.33. The molecule has 25 heavy (non-hydrogen) atoms. The minimum Gasteiger partial charge on any atom is -0.337 e. The van der Waals surface area contributed by atoms with Gasteiger partial charge in [0.05, 0.1) is 16.2 Å². The first kappa shape index (κ1) is 15.5. The molecule has 0 unspecified atom stereocenters. The second-order valence-corrected chi connectivity index (χ2v) is 5.90. The topological polar surface area (TPSA) is 37.8 Å². The molecule has 0 saturated carbocycles. The molecule has 0 spiro atoms. The zero-order valence-corrected chi connectivity index (χ0v) is 13.8. The van der Waals surface area contributed by atoms with E-state index in [1.54, 1.807) is 24.3 Å². The van der Waals surface area contributed by atoms with Crippen LogP contribution in [0.4, 0.5) is 15.9 Å². The van der Waals surface area contributed by atoms with Crippen molar-refractivity contribution in [1.82, 2.24) is 9.97 Å². The summed E-state index contributed by atoms with van der Waals surface area (Å²) in [6.45, 7) is 0. The van der Waals surface area contributed by atoms with Gasteiger partial charge >= 0.3 is 0 Å². The molecule has 0 aliphatic rings. The summed E-state index contributed by atoms with van der Waals surface area (Å²) in [5.41, 5.74) is 1.84. The third-order valence-corrected chi connectivity index (χ3v) is 4.17. The molecule has 1 N–H and O–H groups in total. The molecular formula is C20H13ClFN3. The number of aromatic nitrogens is 2. The number of fused-ring (bicyclic) bond motifs is 1. The van der Waals surface area contributed by atoms with E-state index in [1.807, 2.05) is 42.5 Å². The van der Waals surface area contributed by atoms with E-state index < -0.39 is 0 Å². The Hall–Kier alpha value is -2.98. The zero-order chi connectivity index (χ0) is 17.2. The van der Waals surface area contributed by atoms with Gasteiger partial charge in [0.1, 0.15) is 11.6 Å². The molecule has 3 aromatic carbocycles. The fraction of sp³-hybridized carbons (Fsp3) is 0. The number of rotatable bonds is 3. The number of para-hydroxylation sites is 2. The molecule has 0 aliphatic carbocycles. The summed E-state index contributed by atoms with van der Waals surface area (Å²) in [5.74, 6) is 0.679. The van der Waals surface area contributed by atoms with Gasteiger partial charge in [0, 0.05) is 10.9 Å². The van der Waals surface area contributed by atoms with Crippen molar-refractivity contribution in [3.05, 3.63) is 83.6 Å². The van der Waals surface area contributed by atoms with E-state index in [-0.39, 0.29) is 5.82 Å². The Morgan fingerprint density at radius 2 is 1.52 bits per heavy atom. The third-order valence-electron chi connectivity index (χ3n) is 3.84. The smallest absolute Gasteiger partial charge is 0.163 e. The van der Waals surface area contributed by atoms with Crippen molar-refractivity contribution in [2.45, 2.75) is 0 Å². The van der Waals surface area contributed by atoms with Crippen molar-refractivity contribution >= 4 is 34.0 Å². The molecule has 0 saturated heterocycles. The van der Waals surface area contributed by atoms with Gasteiger partial charge in [0.15, 0.2) is 5.82 Å². The van der Waals surface area contributed by atoms with Gasteiger partial charge in [-0.2, -0.15) is 0 Å². The maximum absolute atomic E-state index is 14.0. The summed E-state index contributed by atoms with van der Waals surface area (Å²) in [7, 11) is 0. The summed E-state index contributed by atoms with van der Waals surface area (Å²) < 4.78 is 14.0. The SMILES string of the molecule is Fc1ccccc1Nc1nc(-c2ccccc2Cl)nc2ccccc12. The number of hydrogen-bond acceptors (Lipinski definition) is 3. The molecule has 122 valence electrons. The average molecular weight is 350 g/mol. The highest BCUT2D eigenvalue weighted by Gasteiger charge is 2.12. The fourth-order valence-corrected chi connectivity index (χ4v) is 2.85. The van der Waals surface area contributed by atoms with Gasteiger partial charge in [-0.05, 0) is 36.4 Å². The van der Waals surface area contributed by atoms with Crippen molar-refractivity contribution in [3.63, 3.8) is 0 Å². The van der Waals surface area contributed by atoms with Gasteiger partial charge in [-0.25, -0.2) is 14.4 Å². The second kappa shape index (κ2) is 6.49. The molecular weight excluding hydrogens is 337 g/mol. The molecule has 1 heterocycles. The number of benzene rings is 3. The summed E-state index contributed by atoms with van der Waals surface area (Å²) in [4.78, 5) is 9.20. The van der Waals surface area contributed by atoms with E-state index >= 15 is 0 Å². The van der Waals surface area contributed by atoms with Crippen molar-refractivity contribution in [2.24, 2.45) is 0 Å². The molecule has 4 rings (SSSR count). The Morgan fingerprint density at radius 3 is 2.36 bits per heavy atom. The summed E-state index contributed by atoms with van der Waals surface area (Å²) in [6, 6.07) is 21.5. The highest BCUT2D eigenvalue weighted by atomic mass is 35.5. The zero-order valence-electron chi connectivity index (χ0n) is 13.1. The van der Waals surface area contributed by atoms with Gasteiger partial charge in [-0.3, -0.25) is 0 Å². The normalized spacial score (nSPS) is 10.8. The quantitative estimate of drug-likeness (QED) is 0.505. The van der Waals surface area contributed by atoms with Crippen LogP contribution in [0.5, 0.6) is 0 Å². The lowest BCUT2D eigenvalue weighted by Gasteiger charge is -2.12. The van der Waals surface area contributed by atoms with Crippen molar-refractivity contribution in [1.29, 1.82) is 0 Å². The maximum atomic E-state index is 14.0. The Balaban J connectivity index is 1.91. The van der Waals surface area contributed by atoms with Crippen LogP contribution >= 0.6 is 11.6 Å². The molecule has 0 radical (unpaired) electrons. The minimum atomic E-state index is -0.343. The number of nitrogens with zero attached hydrogens (tertiary/aromatic N) is 2. The van der Waals surface area contributed by atoms with Crippen LogP contribution in [0.25, 0.3) is 22.3 Å². The minimum absolute atomic E-state index is 0.343. The Kier molecular flexibility index (Phi) is 4.04. The standard InChI is InChI=1S/C20H13ClFN3/c21-15-9-3-1-7-13(15)19-23-17-11-5-2-8-14(17)20(25-19)24-18-12-6-4-10-16(18)22/h1-12H,(H,23,24,25). The number of nitrogens with one attached hydrogen (secondary N) is 1. The summed E-state index contributed by atoms with van der Waals surface area (Å²) in [6.07, 6.45) is 0. The van der Waals surface area contributed by atoms with Crippen LogP contribution in [0.2, 0.25) is 5.02 Å². The van der Waals surface area contributed by atoms with Crippen molar-refractivity contribution in [3.8, 4) is 11.4 Å². The van der Waals surface area contributed by atoms with E-state index in [2.05, 4.69) is 15.3 Å². The molecule has 4 aromatic rings. The van der Waals surface area contributed by atoms with Gasteiger partial charge in [-0.1, -0.05) is 48.0 Å². The molecule has 0 aliphatic heterocycles. The summed E-state index contributed by atoms with van der Waals surface area (Å²) >= 11 is 6.29. The van der Waals surface area contributed by atoms with Crippen molar-refractivity contribution in [2.75, 3.05) is 5.32 Å². The highest BCUT2D eigenvalue weighted by Crippen LogP contribution is 2.30. The van der Waals surface area contributed by atoms with Crippen LogP contribution in [0, 0.1) is 5.82 Å². The van der Waals surface area contributed by atoms with Crippen molar-refractivity contribution < 1.29 is 4.39 Å². The van der Waals surface area contributed by atoms with Crippen LogP contribution in [0.1, 0.15) is 0 Å². The van der Waals surface area contributed by atoms with E-state index in [0.29, 0.717) is 22.4 Å². The lowest BCUT2D eigenvalue weighted by Crippen LogP contribution is -2.01. The third kappa shape index (κ3) is 3.04. The number of anilines is 2. The Bertz CT molecular complexity index is 1070. The van der Waals surface area contributed by atoms with Crippen LogP contribution in [-0.4, -0.2) is 9.97 Å². The van der Waals surface area contributed by atoms with Gasteiger partial charge in [0.2, 0.25) is 0 Å². The fourth-order valence-electron chi connectivity index (χ4n) is 2.63. The molecule has 1 aromatic heterocycles. The molecule has 0 bridgehead atoms. The molecule has 0 amide bonds. The molecule has 5 heteroatoms. The Morgan fingerprint density at radius 1 is 0.800 bits per heavy atom. The largest absolute Gasteiger partial charge is 0.337 e. The number of halogens is 2. The molecule has 3 nitrogen and oxygen atoms in total. The Labute approximate surface area is 149 Å². The van der Waals surface area contributed by atoms with Gasteiger partial charge < -0.3 is 5.32 Å². The average Bonchev–Trinajstić information content (AvgIpc) is 2.64. The lowest BCUT2D eigenvalue weighted by atomic mass is 10.1. The van der Waals surface area contributed by atoms with E-state index in [9.17, 15) is 4.39 Å². The lowest BCUT2D eigenvalue weighted by molar-refractivity contribution is 0.632. The van der Waals surface area contributed by atoms with Crippen LogP contribution in [-0.2, 0) is 0 Å². The van der Waals surface area contributed by atoms with Gasteiger partial charge in [0.25, 0.3) is 0 Å². The monoisotopic (exact) mass is 349 g/mol.